The van der Waals surface area contributed by atoms with E-state index in [0.29, 0.717) is 17.2 Å². The summed E-state index contributed by atoms with van der Waals surface area (Å²) in [5.74, 6) is 11.5. The molecule has 4 N–H and O–H groups in total. The summed E-state index contributed by atoms with van der Waals surface area (Å²) < 4.78 is 18.7. The fourth-order valence-electron chi connectivity index (χ4n) is 1.85. The average molecular weight is 304 g/mol. The summed E-state index contributed by atoms with van der Waals surface area (Å²) in [7, 11) is 1.39. The van der Waals surface area contributed by atoms with Crippen LogP contribution in [0.2, 0.25) is 0 Å². The molecular weight excluding hydrogens is 287 g/mol. The molecule has 0 saturated carbocycles. The van der Waals surface area contributed by atoms with Crippen molar-refractivity contribution in [2.45, 2.75) is 6.92 Å². The van der Waals surface area contributed by atoms with Crippen molar-refractivity contribution in [3.63, 3.8) is 0 Å². The Morgan fingerprint density at radius 3 is 2.45 bits per heavy atom. The molecule has 0 heterocycles. The Bertz CT molecular complexity index is 691. The number of hydrogen-bond donors (Lipinski definition) is 2. The minimum absolute atomic E-state index is 0.348. The number of halogens is 1. The van der Waals surface area contributed by atoms with Crippen molar-refractivity contribution in [1.29, 1.82) is 0 Å². The molecule has 0 aliphatic rings. The molecule has 0 aliphatic carbocycles. The first-order chi connectivity index (χ1) is 10.4. The average Bonchev–Trinajstić information content (AvgIpc) is 2.47. The van der Waals surface area contributed by atoms with E-state index in [1.807, 2.05) is 0 Å². The molecular formula is C15H17FN4O2. The number of carbonyl (C=O) groups is 1. The molecule has 2 rings (SSSR count). The number of ether oxygens (including phenoxy) is 1. The van der Waals surface area contributed by atoms with Gasteiger partial charge in [0, 0.05) is 19.2 Å². The van der Waals surface area contributed by atoms with Crippen LogP contribution in [-0.4, -0.2) is 18.1 Å². The third kappa shape index (κ3) is 3.51. The molecule has 0 saturated heterocycles. The molecule has 7 heteroatoms. The largest absolute Gasteiger partial charge is 0.457 e. The van der Waals surface area contributed by atoms with Crippen LogP contribution in [0.5, 0.6) is 11.5 Å². The molecule has 2 amide bonds. The Labute approximate surface area is 127 Å². The molecule has 22 heavy (non-hydrogen) atoms. The number of rotatable bonds is 3. The van der Waals surface area contributed by atoms with Gasteiger partial charge in [-0.25, -0.2) is 25.9 Å². The van der Waals surface area contributed by atoms with Crippen LogP contribution in [-0.2, 0) is 0 Å². The van der Waals surface area contributed by atoms with Gasteiger partial charge in [0.2, 0.25) is 0 Å². The van der Waals surface area contributed by atoms with Crippen molar-refractivity contribution in [3.05, 3.63) is 53.8 Å². The van der Waals surface area contributed by atoms with Crippen LogP contribution >= 0.6 is 0 Å². The number of anilines is 1. The normalized spacial score (nSPS) is 10.2. The minimum Gasteiger partial charge on any atom is -0.457 e. The molecule has 2 aromatic rings. The maximum Gasteiger partial charge on any atom is 0.352 e. The third-order valence-corrected chi connectivity index (χ3v) is 2.98. The molecule has 0 radical (unpaired) electrons. The van der Waals surface area contributed by atoms with E-state index < -0.39 is 11.8 Å². The Morgan fingerprint density at radius 1 is 1.14 bits per heavy atom. The zero-order valence-corrected chi connectivity index (χ0v) is 12.3. The van der Waals surface area contributed by atoms with E-state index >= 15 is 0 Å². The lowest BCUT2D eigenvalue weighted by molar-refractivity contribution is 0.216. The van der Waals surface area contributed by atoms with Crippen LogP contribution < -0.4 is 21.4 Å². The molecule has 0 aromatic heterocycles. The fraction of sp³-hybridized carbons (Fsp3) is 0.133. The summed E-state index contributed by atoms with van der Waals surface area (Å²) in [4.78, 5) is 11.8. The van der Waals surface area contributed by atoms with Gasteiger partial charge < -0.3 is 4.74 Å². The van der Waals surface area contributed by atoms with Crippen LogP contribution in [0.4, 0.5) is 14.9 Å². The summed E-state index contributed by atoms with van der Waals surface area (Å²) in [6.45, 7) is 1.80. The number of urea groups is 1. The van der Waals surface area contributed by atoms with E-state index in [9.17, 15) is 9.18 Å². The number of carbonyl (C=O) groups excluding carboxylic acids is 1. The second kappa shape index (κ2) is 6.42. The van der Waals surface area contributed by atoms with Crippen molar-refractivity contribution >= 4 is 11.7 Å². The van der Waals surface area contributed by atoms with Gasteiger partial charge in [-0.15, -0.1) is 0 Å². The van der Waals surface area contributed by atoms with Gasteiger partial charge in [0.25, 0.3) is 0 Å². The van der Waals surface area contributed by atoms with E-state index in [4.69, 9.17) is 16.4 Å². The Kier molecular flexibility index (Phi) is 4.59. The quantitative estimate of drug-likeness (QED) is 0.518. The topological polar surface area (TPSA) is 84.8 Å². The maximum absolute atomic E-state index is 13.2. The van der Waals surface area contributed by atoms with Gasteiger partial charge in [0.15, 0.2) is 0 Å². The van der Waals surface area contributed by atoms with Gasteiger partial charge in [0.1, 0.15) is 17.3 Å². The highest BCUT2D eigenvalue weighted by Crippen LogP contribution is 2.28. The SMILES string of the molecule is Cc1ccc(Oc2cccc(F)c2)cc1N(N)C(=O)N(C)N. The fourth-order valence-corrected chi connectivity index (χ4v) is 1.85. The molecule has 0 spiro atoms. The number of amides is 2. The minimum atomic E-state index is -0.578. The Morgan fingerprint density at radius 2 is 1.82 bits per heavy atom. The van der Waals surface area contributed by atoms with E-state index in [1.165, 1.54) is 19.2 Å². The highest BCUT2D eigenvalue weighted by Gasteiger charge is 2.17. The van der Waals surface area contributed by atoms with Crippen LogP contribution in [0.1, 0.15) is 5.56 Å². The maximum atomic E-state index is 13.2. The number of nitrogens with two attached hydrogens (primary N) is 2. The highest BCUT2D eigenvalue weighted by atomic mass is 19.1. The summed E-state index contributed by atoms with van der Waals surface area (Å²) in [5, 5.41) is 1.80. The van der Waals surface area contributed by atoms with Crippen LogP contribution in [0.15, 0.2) is 42.5 Å². The molecule has 0 aliphatic heterocycles. The Hall–Kier alpha value is -2.64. The predicted octanol–water partition coefficient (Wildman–Crippen LogP) is 2.53. The van der Waals surface area contributed by atoms with Crippen molar-refractivity contribution in [2.24, 2.45) is 11.7 Å². The molecule has 0 bridgehead atoms. The number of nitrogens with zero attached hydrogens (tertiary/aromatic N) is 2. The number of benzene rings is 2. The van der Waals surface area contributed by atoms with Crippen LogP contribution in [0.25, 0.3) is 0 Å². The van der Waals surface area contributed by atoms with Gasteiger partial charge in [-0.1, -0.05) is 12.1 Å². The van der Waals surface area contributed by atoms with E-state index in [-0.39, 0.29) is 0 Å². The first-order valence-electron chi connectivity index (χ1n) is 6.50. The van der Waals surface area contributed by atoms with E-state index in [0.717, 1.165) is 15.6 Å². The number of hydrogen-bond acceptors (Lipinski definition) is 4. The zero-order valence-electron chi connectivity index (χ0n) is 12.3. The summed E-state index contributed by atoms with van der Waals surface area (Å²) in [6.07, 6.45) is 0. The molecule has 0 unspecified atom stereocenters. The number of hydrazine groups is 2. The van der Waals surface area contributed by atoms with Crippen molar-refractivity contribution in [2.75, 3.05) is 12.1 Å². The lowest BCUT2D eigenvalue weighted by Crippen LogP contribution is -2.48. The first kappa shape index (κ1) is 15.7. The first-order valence-corrected chi connectivity index (χ1v) is 6.50. The van der Waals surface area contributed by atoms with Crippen molar-refractivity contribution < 1.29 is 13.9 Å². The highest BCUT2D eigenvalue weighted by molar-refractivity contribution is 5.91. The van der Waals surface area contributed by atoms with Gasteiger partial charge in [0.05, 0.1) is 5.69 Å². The van der Waals surface area contributed by atoms with Gasteiger partial charge in [-0.2, -0.15) is 0 Å². The predicted molar refractivity (Wildman–Crippen MR) is 81.7 cm³/mol. The molecule has 6 nitrogen and oxygen atoms in total. The van der Waals surface area contributed by atoms with Crippen molar-refractivity contribution in [3.8, 4) is 11.5 Å². The zero-order chi connectivity index (χ0) is 16.3. The Balaban J connectivity index is 2.28. The lowest BCUT2D eigenvalue weighted by atomic mass is 10.2. The van der Waals surface area contributed by atoms with E-state index in [1.54, 1.807) is 37.3 Å². The second-order valence-electron chi connectivity index (χ2n) is 4.77. The van der Waals surface area contributed by atoms with Crippen molar-refractivity contribution in [1.82, 2.24) is 5.01 Å². The monoisotopic (exact) mass is 304 g/mol. The van der Waals surface area contributed by atoms with Gasteiger partial charge >= 0.3 is 6.03 Å². The van der Waals surface area contributed by atoms with E-state index in [2.05, 4.69) is 0 Å². The van der Waals surface area contributed by atoms with Crippen LogP contribution in [0, 0.1) is 12.7 Å². The van der Waals surface area contributed by atoms with Gasteiger partial charge in [-0.05, 0) is 30.7 Å². The summed E-state index contributed by atoms with van der Waals surface area (Å²) in [5.41, 5.74) is 1.21. The standard InChI is InChI=1S/C15H17FN4O2/c1-10-6-7-13(22-12-5-3-4-11(16)8-12)9-14(10)20(18)15(21)19(2)17/h3-9H,17-18H2,1-2H3. The summed E-state index contributed by atoms with van der Waals surface area (Å²) in [6, 6.07) is 10.2. The smallest absolute Gasteiger partial charge is 0.352 e. The molecule has 2 aromatic carbocycles. The number of aryl methyl sites for hydroxylation is 1. The molecule has 116 valence electrons. The summed E-state index contributed by atoms with van der Waals surface area (Å²) >= 11 is 0. The van der Waals surface area contributed by atoms with Gasteiger partial charge in [-0.3, -0.25) is 5.01 Å². The molecule has 0 atom stereocenters. The second-order valence-corrected chi connectivity index (χ2v) is 4.77. The molecule has 0 fully saturated rings. The third-order valence-electron chi connectivity index (χ3n) is 2.98. The lowest BCUT2D eigenvalue weighted by Gasteiger charge is -2.22. The van der Waals surface area contributed by atoms with Crippen LogP contribution in [0.3, 0.4) is 0 Å².